The van der Waals surface area contributed by atoms with Crippen molar-refractivity contribution in [2.45, 2.75) is 12.8 Å². The summed E-state index contributed by atoms with van der Waals surface area (Å²) in [6.45, 7) is 5.27. The van der Waals surface area contributed by atoms with E-state index in [2.05, 4.69) is 22.5 Å². The van der Waals surface area contributed by atoms with Crippen molar-refractivity contribution in [3.05, 3.63) is 70.3 Å². The molecule has 1 unspecified atom stereocenters. The maximum absolute atomic E-state index is 12.5. The Labute approximate surface area is 156 Å². The third kappa shape index (κ3) is 3.79. The van der Waals surface area contributed by atoms with E-state index in [1.807, 2.05) is 0 Å². The van der Waals surface area contributed by atoms with Crippen LogP contribution in [0.2, 0.25) is 0 Å². The van der Waals surface area contributed by atoms with E-state index in [1.54, 1.807) is 31.2 Å². The summed E-state index contributed by atoms with van der Waals surface area (Å²) < 4.78 is 9.85. The van der Waals surface area contributed by atoms with Crippen molar-refractivity contribution in [1.82, 2.24) is 5.32 Å². The van der Waals surface area contributed by atoms with Crippen molar-refractivity contribution in [3.8, 4) is 0 Å². The number of benzene rings is 1. The number of esters is 2. The van der Waals surface area contributed by atoms with Gasteiger partial charge in [-0.15, -0.1) is 0 Å². The van der Waals surface area contributed by atoms with Crippen LogP contribution in [0, 0.1) is 0 Å². The molecule has 0 saturated heterocycles. The predicted octanol–water partition coefficient (Wildman–Crippen LogP) is 2.66. The summed E-state index contributed by atoms with van der Waals surface area (Å²) in [4.78, 5) is 24.4. The highest BCUT2D eigenvalue weighted by Crippen LogP contribution is 2.36. The smallest absolute Gasteiger partial charge is 0.337 e. The number of carbonyl (C=O) groups is 2. The Balaban J connectivity index is 2.54. The zero-order valence-electron chi connectivity index (χ0n) is 14.4. The quantitative estimate of drug-likeness (QED) is 0.282. The molecule has 1 aliphatic heterocycles. The predicted molar refractivity (Wildman–Crippen MR) is 102 cm³/mol. The van der Waals surface area contributed by atoms with E-state index in [9.17, 15) is 15.0 Å². The first-order valence-corrected chi connectivity index (χ1v) is 8.10. The van der Waals surface area contributed by atoms with Crippen LogP contribution in [-0.4, -0.2) is 36.5 Å². The van der Waals surface area contributed by atoms with E-state index in [1.165, 1.54) is 13.2 Å². The molecule has 1 aliphatic rings. The number of methoxy groups -OCH3 is 1. The van der Waals surface area contributed by atoms with Gasteiger partial charge in [0.05, 0.1) is 24.2 Å². The molecule has 0 amide bonds. The van der Waals surface area contributed by atoms with Gasteiger partial charge in [0.25, 0.3) is 0 Å². The molecule has 1 aromatic carbocycles. The lowest BCUT2D eigenvalue weighted by Crippen LogP contribution is -2.35. The molecule has 1 aromatic rings. The fourth-order valence-electron chi connectivity index (χ4n) is 2.66. The van der Waals surface area contributed by atoms with Crippen molar-refractivity contribution >= 4 is 35.0 Å². The van der Waals surface area contributed by atoms with Crippen LogP contribution in [0.15, 0.2) is 53.8 Å². The maximum atomic E-state index is 12.5. The van der Waals surface area contributed by atoms with Gasteiger partial charge in [-0.3, -0.25) is 5.87 Å². The molecule has 26 heavy (non-hydrogen) atoms. The Morgan fingerprint density at radius 3 is 2.54 bits per heavy atom. The molecule has 0 radical (unpaired) electrons. The van der Waals surface area contributed by atoms with Crippen LogP contribution in [0.1, 0.15) is 28.8 Å². The average molecular weight is 369 g/mol. The fourth-order valence-corrected chi connectivity index (χ4v) is 2.97. The van der Waals surface area contributed by atoms with Crippen molar-refractivity contribution in [2.24, 2.45) is 0 Å². The van der Waals surface area contributed by atoms with E-state index in [4.69, 9.17) is 17.0 Å². The van der Waals surface area contributed by atoms with E-state index in [0.29, 0.717) is 22.4 Å². The maximum Gasteiger partial charge on any atom is 0.337 e. The Hall–Kier alpha value is -3.02. The first-order valence-electron chi connectivity index (χ1n) is 7.70. The van der Waals surface area contributed by atoms with Gasteiger partial charge < -0.3 is 20.2 Å². The number of ether oxygens (including phenoxy) is 2. The van der Waals surface area contributed by atoms with Crippen molar-refractivity contribution < 1.29 is 19.1 Å². The topological polar surface area (TPSA) is 86.9 Å². The average Bonchev–Trinajstić information content (AvgIpc) is 2.65. The van der Waals surface area contributed by atoms with Gasteiger partial charge in [0.2, 0.25) is 0 Å². The third-order valence-corrected chi connectivity index (χ3v) is 4.19. The first-order chi connectivity index (χ1) is 12.4. The lowest BCUT2D eigenvalue weighted by Gasteiger charge is -2.30. The molecule has 6 nitrogen and oxygen atoms in total. The Bertz CT molecular complexity index is 849. The number of carbonyl (C=O) groups excluding carboxylic acids is 2. The highest BCUT2D eigenvalue weighted by molar-refractivity contribution is 7.80. The summed E-state index contributed by atoms with van der Waals surface area (Å²) in [6.07, 6.45) is 1.46. The summed E-state index contributed by atoms with van der Waals surface area (Å²) in [5.74, 6) is 0.353. The minimum absolute atomic E-state index is 0.0515. The summed E-state index contributed by atoms with van der Waals surface area (Å²) in [6, 6.07) is 6.47. The molecule has 1 N–H and O–H groups in total. The zero-order chi connectivity index (χ0) is 19.3. The molecule has 134 valence electrons. The summed E-state index contributed by atoms with van der Waals surface area (Å²) in [5.41, 5.74) is 2.06. The number of hydrogen-bond acceptors (Lipinski definition) is 5. The number of thiocarbonyl (C=S) groups is 1. The molecule has 0 aromatic heterocycles. The van der Waals surface area contributed by atoms with E-state index < -0.39 is 17.9 Å². The molecule has 2 rings (SSSR count). The Morgan fingerprint density at radius 2 is 2.00 bits per heavy atom. The molecule has 0 aliphatic carbocycles. The monoisotopic (exact) mass is 369 g/mol. The van der Waals surface area contributed by atoms with Crippen LogP contribution in [0.5, 0.6) is 0 Å². The second-order valence-corrected chi connectivity index (χ2v) is 5.86. The molecular formula is C19H17N2O4S-. The molecule has 0 saturated carbocycles. The van der Waals surface area contributed by atoms with Crippen LogP contribution in [0.25, 0.3) is 5.41 Å². The van der Waals surface area contributed by atoms with Crippen molar-refractivity contribution in [1.29, 1.82) is 0 Å². The van der Waals surface area contributed by atoms with Gasteiger partial charge >= 0.3 is 11.9 Å². The molecule has 7 heteroatoms. The van der Waals surface area contributed by atoms with Gasteiger partial charge in [0, 0.05) is 11.3 Å². The number of rotatable bonds is 5. The Kier molecular flexibility index (Phi) is 6.22. The number of hydrogen-bond donors (Lipinski definition) is 1. The first kappa shape index (κ1) is 19.3. The van der Waals surface area contributed by atoms with Crippen LogP contribution in [-0.2, 0) is 14.3 Å². The van der Waals surface area contributed by atoms with Crippen molar-refractivity contribution in [3.63, 3.8) is 0 Å². The summed E-state index contributed by atoms with van der Waals surface area (Å²) in [7, 11) is 1.29. The van der Waals surface area contributed by atoms with E-state index >= 15 is 0 Å². The normalized spacial score (nSPS) is 16.5. The molecule has 1 atom stereocenters. The van der Waals surface area contributed by atoms with Crippen molar-refractivity contribution in [2.75, 3.05) is 13.7 Å². The van der Waals surface area contributed by atoms with Gasteiger partial charge in [-0.25, -0.2) is 9.59 Å². The second kappa shape index (κ2) is 8.38. The lowest BCUT2D eigenvalue weighted by atomic mass is 9.81. The van der Waals surface area contributed by atoms with Crippen LogP contribution < -0.4 is 5.32 Å². The molecule has 0 fully saturated rings. The highest BCUT2D eigenvalue weighted by Gasteiger charge is 2.34. The minimum Gasteiger partial charge on any atom is -0.763 e. The standard InChI is InChI=1S/C19H17N2O4S/c1-4-9-25-19(23)15-11(2)21-17(26)14(10-20)16(15)12-5-7-13(8-6-12)18(22)24-3/h4-8,16H,1,9H2,2-3H3,(H,21,26)/q-1. The summed E-state index contributed by atoms with van der Waals surface area (Å²) >= 11 is 5.25. The van der Waals surface area contributed by atoms with Gasteiger partial charge in [0.1, 0.15) is 11.6 Å². The number of allylic oxidation sites excluding steroid dienone is 1. The fraction of sp³-hybridized carbons (Fsp3) is 0.211. The largest absolute Gasteiger partial charge is 0.763 e. The van der Waals surface area contributed by atoms with Gasteiger partial charge in [-0.2, -0.15) is 0 Å². The van der Waals surface area contributed by atoms with Gasteiger partial charge in [-0.1, -0.05) is 37.0 Å². The molecule has 1 heterocycles. The second-order valence-electron chi connectivity index (χ2n) is 5.45. The van der Waals surface area contributed by atoms with Gasteiger partial charge in [0.15, 0.2) is 0 Å². The van der Waals surface area contributed by atoms with E-state index in [-0.39, 0.29) is 17.2 Å². The number of nitrogens with zero attached hydrogens (tertiary/aromatic N) is 1. The zero-order valence-corrected chi connectivity index (χ0v) is 15.2. The van der Waals surface area contributed by atoms with Gasteiger partial charge in [-0.05, 0) is 24.6 Å². The van der Waals surface area contributed by atoms with Crippen LogP contribution >= 0.6 is 12.2 Å². The molecular weight excluding hydrogens is 352 g/mol. The SMILES string of the molecule is C=CCOC(=O)C1=C(C)NC(=S)C(=C=[N-])C1c1ccc(C(=O)OC)cc1. The van der Waals surface area contributed by atoms with Crippen LogP contribution in [0.3, 0.4) is 0 Å². The molecule has 0 bridgehead atoms. The number of nitrogens with one attached hydrogen (secondary N) is 1. The Morgan fingerprint density at radius 1 is 1.35 bits per heavy atom. The highest BCUT2D eigenvalue weighted by atomic mass is 32.1. The van der Waals surface area contributed by atoms with E-state index in [0.717, 1.165) is 0 Å². The summed E-state index contributed by atoms with van der Waals surface area (Å²) in [5, 5.41) is 12.4. The minimum atomic E-state index is -0.683. The third-order valence-electron chi connectivity index (χ3n) is 3.86. The van der Waals surface area contributed by atoms with Crippen LogP contribution in [0.4, 0.5) is 0 Å². The lowest BCUT2D eigenvalue weighted by molar-refractivity contribution is -0.138. The molecule has 0 spiro atoms.